The molecule has 4 heteroatoms. The van der Waals surface area contributed by atoms with E-state index in [1.54, 1.807) is 18.2 Å². The lowest BCUT2D eigenvalue weighted by Crippen LogP contribution is -2.13. The van der Waals surface area contributed by atoms with Gasteiger partial charge in [0.05, 0.1) is 0 Å². The molecule has 2 aromatic carbocycles. The average molecular weight is 301 g/mol. The van der Waals surface area contributed by atoms with Gasteiger partial charge in [-0.25, -0.2) is 0 Å². The molecule has 0 fully saturated rings. The zero-order valence-electron chi connectivity index (χ0n) is 12.7. The molecule has 1 heterocycles. The highest BCUT2D eigenvalue weighted by Gasteiger charge is 2.11. The first-order chi connectivity index (χ1) is 11.2. The van der Waals surface area contributed by atoms with E-state index < -0.39 is 5.91 Å². The van der Waals surface area contributed by atoms with Crippen molar-refractivity contribution < 1.29 is 4.79 Å². The highest BCUT2D eigenvalue weighted by atomic mass is 16.1. The molecule has 0 saturated carbocycles. The highest BCUT2D eigenvalue weighted by Crippen LogP contribution is 2.22. The maximum absolute atomic E-state index is 12.3. The molecule has 0 atom stereocenters. The zero-order chi connectivity index (χ0) is 16.2. The second-order valence-corrected chi connectivity index (χ2v) is 5.20. The first-order valence-corrected chi connectivity index (χ1v) is 7.21. The number of aromatic nitrogens is 1. The number of amides is 1. The lowest BCUT2D eigenvalue weighted by Gasteiger charge is -2.03. The average Bonchev–Trinajstić information content (AvgIpc) is 2.90. The lowest BCUT2D eigenvalue weighted by atomic mass is 10.1. The van der Waals surface area contributed by atoms with Crippen LogP contribution < -0.4 is 5.32 Å². The Hall–Kier alpha value is -3.32. The van der Waals surface area contributed by atoms with E-state index in [4.69, 9.17) is 0 Å². The van der Waals surface area contributed by atoms with Gasteiger partial charge in [0.2, 0.25) is 0 Å². The first-order valence-electron chi connectivity index (χ1n) is 7.21. The number of aryl methyl sites for hydroxylation is 1. The molecule has 0 aliphatic rings. The molecule has 3 rings (SSSR count). The Labute approximate surface area is 134 Å². The molecule has 1 N–H and O–H groups in total. The molecule has 0 radical (unpaired) electrons. The second-order valence-electron chi connectivity index (χ2n) is 5.20. The monoisotopic (exact) mass is 301 g/mol. The Morgan fingerprint density at radius 3 is 2.57 bits per heavy atom. The minimum absolute atomic E-state index is 0.0743. The summed E-state index contributed by atoms with van der Waals surface area (Å²) in [5, 5.41) is 13.1. The van der Waals surface area contributed by atoms with Gasteiger partial charge in [0, 0.05) is 35.4 Å². The van der Waals surface area contributed by atoms with Gasteiger partial charge in [-0.2, -0.15) is 5.26 Å². The Bertz CT molecular complexity index is 930. The summed E-state index contributed by atoms with van der Waals surface area (Å²) in [6.07, 6.45) is 3.54. The zero-order valence-corrected chi connectivity index (χ0v) is 12.7. The summed E-state index contributed by atoms with van der Waals surface area (Å²) in [4.78, 5) is 12.3. The highest BCUT2D eigenvalue weighted by molar-refractivity contribution is 6.10. The van der Waals surface area contributed by atoms with E-state index in [0.717, 1.165) is 16.5 Å². The van der Waals surface area contributed by atoms with Crippen molar-refractivity contribution in [1.82, 2.24) is 4.57 Å². The Morgan fingerprint density at radius 1 is 1.13 bits per heavy atom. The fourth-order valence-electron chi connectivity index (χ4n) is 2.51. The normalized spacial score (nSPS) is 11.2. The Morgan fingerprint density at radius 2 is 1.83 bits per heavy atom. The number of anilines is 1. The molecular weight excluding hydrogens is 286 g/mol. The van der Waals surface area contributed by atoms with Gasteiger partial charge in [-0.05, 0) is 24.3 Å². The number of benzene rings is 2. The van der Waals surface area contributed by atoms with E-state index >= 15 is 0 Å². The van der Waals surface area contributed by atoms with Crippen LogP contribution in [0.2, 0.25) is 0 Å². The summed E-state index contributed by atoms with van der Waals surface area (Å²) in [5.41, 5.74) is 2.64. The third-order valence-corrected chi connectivity index (χ3v) is 3.62. The molecule has 0 unspecified atom stereocenters. The predicted molar refractivity (Wildman–Crippen MR) is 91.6 cm³/mol. The quantitative estimate of drug-likeness (QED) is 0.592. The SMILES string of the molecule is Cn1cc(/C=C(/C#N)C(=O)Nc2ccccc2)c2ccccc21. The van der Waals surface area contributed by atoms with Gasteiger partial charge in [0.1, 0.15) is 11.6 Å². The van der Waals surface area contributed by atoms with Crippen molar-refractivity contribution >= 4 is 28.6 Å². The number of nitrogens with one attached hydrogen (secondary N) is 1. The van der Waals surface area contributed by atoms with Crippen LogP contribution in [-0.2, 0) is 11.8 Å². The van der Waals surface area contributed by atoms with E-state index in [9.17, 15) is 10.1 Å². The van der Waals surface area contributed by atoms with E-state index in [1.807, 2.05) is 66.3 Å². The number of fused-ring (bicyclic) bond motifs is 1. The lowest BCUT2D eigenvalue weighted by molar-refractivity contribution is -0.112. The van der Waals surface area contributed by atoms with Crippen molar-refractivity contribution in [3.8, 4) is 6.07 Å². The van der Waals surface area contributed by atoms with Crippen molar-refractivity contribution in [1.29, 1.82) is 5.26 Å². The van der Waals surface area contributed by atoms with E-state index in [0.29, 0.717) is 5.69 Å². The molecule has 1 aromatic heterocycles. The molecule has 0 aliphatic heterocycles. The number of carbonyl (C=O) groups is 1. The Kier molecular flexibility index (Phi) is 3.94. The van der Waals surface area contributed by atoms with Gasteiger partial charge in [0.25, 0.3) is 5.91 Å². The molecule has 0 saturated heterocycles. The number of nitriles is 1. The van der Waals surface area contributed by atoms with Crippen LogP contribution in [0.25, 0.3) is 17.0 Å². The smallest absolute Gasteiger partial charge is 0.266 e. The van der Waals surface area contributed by atoms with Crippen LogP contribution in [0.1, 0.15) is 5.56 Å². The third kappa shape index (κ3) is 2.99. The van der Waals surface area contributed by atoms with E-state index in [-0.39, 0.29) is 5.57 Å². The number of para-hydroxylation sites is 2. The summed E-state index contributed by atoms with van der Waals surface area (Å²) in [6, 6.07) is 19.0. The van der Waals surface area contributed by atoms with Crippen molar-refractivity contribution in [2.75, 3.05) is 5.32 Å². The van der Waals surface area contributed by atoms with Crippen molar-refractivity contribution in [2.45, 2.75) is 0 Å². The number of carbonyl (C=O) groups excluding carboxylic acids is 1. The molecular formula is C19H15N3O. The number of hydrogen-bond donors (Lipinski definition) is 1. The molecule has 112 valence electrons. The maximum Gasteiger partial charge on any atom is 0.266 e. The van der Waals surface area contributed by atoms with Gasteiger partial charge in [-0.15, -0.1) is 0 Å². The van der Waals surface area contributed by atoms with Crippen LogP contribution >= 0.6 is 0 Å². The van der Waals surface area contributed by atoms with Gasteiger partial charge in [0.15, 0.2) is 0 Å². The van der Waals surface area contributed by atoms with Crippen molar-refractivity contribution in [3.05, 3.63) is 71.9 Å². The fourth-order valence-corrected chi connectivity index (χ4v) is 2.51. The molecule has 23 heavy (non-hydrogen) atoms. The van der Waals surface area contributed by atoms with Crippen molar-refractivity contribution in [3.63, 3.8) is 0 Å². The maximum atomic E-state index is 12.3. The summed E-state index contributed by atoms with van der Waals surface area (Å²) >= 11 is 0. The molecule has 1 amide bonds. The standard InChI is InChI=1S/C19H15N3O/c1-22-13-15(17-9-5-6-10-18(17)22)11-14(12-20)19(23)21-16-7-3-2-4-8-16/h2-11,13H,1H3,(H,21,23)/b14-11-. The number of nitrogens with zero attached hydrogens (tertiary/aromatic N) is 2. The molecule has 0 spiro atoms. The van der Waals surface area contributed by atoms with Crippen LogP contribution in [0.15, 0.2) is 66.4 Å². The Balaban J connectivity index is 1.95. The molecule has 0 aliphatic carbocycles. The van der Waals surface area contributed by atoms with Gasteiger partial charge < -0.3 is 9.88 Å². The minimum Gasteiger partial charge on any atom is -0.350 e. The summed E-state index contributed by atoms with van der Waals surface area (Å²) in [6.45, 7) is 0. The summed E-state index contributed by atoms with van der Waals surface area (Å²) in [7, 11) is 1.94. The van der Waals surface area contributed by atoms with E-state index in [1.165, 1.54) is 0 Å². The minimum atomic E-state index is -0.411. The summed E-state index contributed by atoms with van der Waals surface area (Å²) in [5.74, 6) is -0.411. The first kappa shape index (κ1) is 14.6. The second kappa shape index (κ2) is 6.20. The van der Waals surface area contributed by atoms with Crippen LogP contribution in [-0.4, -0.2) is 10.5 Å². The predicted octanol–water partition coefficient (Wildman–Crippen LogP) is 3.72. The molecule has 0 bridgehead atoms. The van der Waals surface area contributed by atoms with Gasteiger partial charge >= 0.3 is 0 Å². The number of hydrogen-bond acceptors (Lipinski definition) is 2. The van der Waals surface area contributed by atoms with Crippen LogP contribution in [0.3, 0.4) is 0 Å². The van der Waals surface area contributed by atoms with Gasteiger partial charge in [-0.3, -0.25) is 4.79 Å². The molecule has 3 aromatic rings. The van der Waals surface area contributed by atoms with Crippen LogP contribution in [0, 0.1) is 11.3 Å². The topological polar surface area (TPSA) is 57.8 Å². The fraction of sp³-hybridized carbons (Fsp3) is 0.0526. The van der Waals surface area contributed by atoms with Crippen LogP contribution in [0.4, 0.5) is 5.69 Å². The van der Waals surface area contributed by atoms with Crippen molar-refractivity contribution in [2.24, 2.45) is 7.05 Å². The molecule has 4 nitrogen and oxygen atoms in total. The third-order valence-electron chi connectivity index (χ3n) is 3.62. The van der Waals surface area contributed by atoms with Crippen LogP contribution in [0.5, 0.6) is 0 Å². The van der Waals surface area contributed by atoms with Gasteiger partial charge in [-0.1, -0.05) is 36.4 Å². The number of rotatable bonds is 3. The largest absolute Gasteiger partial charge is 0.350 e. The van der Waals surface area contributed by atoms with E-state index in [2.05, 4.69) is 5.32 Å². The summed E-state index contributed by atoms with van der Waals surface area (Å²) < 4.78 is 1.98.